The summed E-state index contributed by atoms with van der Waals surface area (Å²) in [5.41, 5.74) is 1.79. The van der Waals surface area contributed by atoms with Crippen LogP contribution in [0.2, 0.25) is 0 Å². The summed E-state index contributed by atoms with van der Waals surface area (Å²) >= 11 is 0. The van der Waals surface area contributed by atoms with Crippen molar-refractivity contribution in [2.45, 2.75) is 31.8 Å². The summed E-state index contributed by atoms with van der Waals surface area (Å²) < 4.78 is 1.68. The molecule has 0 fully saturated rings. The number of aromatic nitrogens is 3. The van der Waals surface area contributed by atoms with Crippen LogP contribution < -0.4 is 10.6 Å². The number of amides is 2. The van der Waals surface area contributed by atoms with Gasteiger partial charge in [0.1, 0.15) is 6.04 Å². The van der Waals surface area contributed by atoms with Crippen LogP contribution in [0.5, 0.6) is 0 Å². The number of aryl methyl sites for hydroxylation is 1. The molecule has 1 aliphatic heterocycles. The van der Waals surface area contributed by atoms with Gasteiger partial charge in [-0.1, -0.05) is 35.5 Å². The molecule has 1 atom stereocenters. The molecule has 2 N–H and O–H groups in total. The van der Waals surface area contributed by atoms with Gasteiger partial charge < -0.3 is 10.6 Å². The van der Waals surface area contributed by atoms with Gasteiger partial charge in [0, 0.05) is 32.0 Å². The zero-order valence-electron chi connectivity index (χ0n) is 12.7. The van der Waals surface area contributed by atoms with Gasteiger partial charge in [-0.25, -0.2) is 0 Å². The molecule has 0 unspecified atom stereocenters. The van der Waals surface area contributed by atoms with Crippen molar-refractivity contribution in [3.8, 4) is 0 Å². The third kappa shape index (κ3) is 4.15. The molecule has 2 heterocycles. The summed E-state index contributed by atoms with van der Waals surface area (Å²) in [6, 6.07) is 9.10. The molecule has 1 aliphatic rings. The molecule has 23 heavy (non-hydrogen) atoms. The van der Waals surface area contributed by atoms with Crippen molar-refractivity contribution in [2.75, 3.05) is 6.54 Å². The third-order valence-electron chi connectivity index (χ3n) is 3.77. The van der Waals surface area contributed by atoms with Crippen molar-refractivity contribution in [2.24, 2.45) is 0 Å². The first-order chi connectivity index (χ1) is 11.2. The molecule has 7 nitrogen and oxygen atoms in total. The summed E-state index contributed by atoms with van der Waals surface area (Å²) in [5, 5.41) is 13.7. The predicted octanol–water partition coefficient (Wildman–Crippen LogP) is 0.0680. The number of benzene rings is 1. The Morgan fingerprint density at radius 2 is 2.00 bits per heavy atom. The van der Waals surface area contributed by atoms with Crippen molar-refractivity contribution in [3.05, 3.63) is 47.8 Å². The first kappa shape index (κ1) is 15.2. The van der Waals surface area contributed by atoms with Gasteiger partial charge in [0.2, 0.25) is 11.8 Å². The quantitative estimate of drug-likeness (QED) is 0.821. The maximum absolute atomic E-state index is 12.4. The van der Waals surface area contributed by atoms with E-state index in [1.165, 1.54) is 0 Å². The van der Waals surface area contributed by atoms with Crippen molar-refractivity contribution in [3.63, 3.8) is 0 Å². The maximum atomic E-state index is 12.4. The van der Waals surface area contributed by atoms with E-state index >= 15 is 0 Å². The number of carbonyl (C=O) groups is 2. The minimum atomic E-state index is -0.570. The van der Waals surface area contributed by atoms with Gasteiger partial charge in [0.25, 0.3) is 0 Å². The zero-order valence-corrected chi connectivity index (χ0v) is 12.7. The Kier molecular flexibility index (Phi) is 4.65. The minimum absolute atomic E-state index is 0.156. The second-order valence-electron chi connectivity index (χ2n) is 5.57. The Balaban J connectivity index is 1.72. The fraction of sp³-hybridized carbons (Fsp3) is 0.375. The van der Waals surface area contributed by atoms with E-state index in [0.29, 0.717) is 25.9 Å². The average molecular weight is 313 g/mol. The second kappa shape index (κ2) is 7.04. The normalized spacial score (nSPS) is 19.2. The van der Waals surface area contributed by atoms with Gasteiger partial charge in [-0.3, -0.25) is 14.3 Å². The highest BCUT2D eigenvalue weighted by Crippen LogP contribution is 2.05. The molecular weight excluding hydrogens is 294 g/mol. The number of nitrogens with zero attached hydrogens (tertiary/aromatic N) is 3. The number of nitrogens with one attached hydrogen (secondary N) is 2. The van der Waals surface area contributed by atoms with Crippen LogP contribution in [-0.2, 0) is 29.0 Å². The monoisotopic (exact) mass is 313 g/mol. The van der Waals surface area contributed by atoms with E-state index in [2.05, 4.69) is 20.9 Å². The molecule has 0 aliphatic carbocycles. The Morgan fingerprint density at radius 1 is 1.17 bits per heavy atom. The molecule has 0 radical (unpaired) electrons. The molecule has 0 saturated heterocycles. The summed E-state index contributed by atoms with van der Waals surface area (Å²) in [5.74, 6) is -0.334. The topological polar surface area (TPSA) is 88.9 Å². The fourth-order valence-electron chi connectivity index (χ4n) is 2.55. The lowest BCUT2D eigenvalue weighted by molar-refractivity contribution is -0.129. The lowest BCUT2D eigenvalue weighted by Gasteiger charge is -2.19. The van der Waals surface area contributed by atoms with Crippen LogP contribution >= 0.6 is 0 Å². The first-order valence-electron chi connectivity index (χ1n) is 7.71. The van der Waals surface area contributed by atoms with E-state index in [1.807, 2.05) is 36.5 Å². The molecule has 1 aromatic carbocycles. The zero-order chi connectivity index (χ0) is 16.1. The summed E-state index contributed by atoms with van der Waals surface area (Å²) in [7, 11) is 0. The average Bonchev–Trinajstić information content (AvgIpc) is 3.00. The molecule has 1 aromatic heterocycles. The Morgan fingerprint density at radius 3 is 2.83 bits per heavy atom. The molecule has 0 spiro atoms. The molecule has 2 aromatic rings. The van der Waals surface area contributed by atoms with Gasteiger partial charge in [-0.2, -0.15) is 0 Å². The van der Waals surface area contributed by atoms with E-state index in [9.17, 15) is 9.59 Å². The van der Waals surface area contributed by atoms with E-state index in [-0.39, 0.29) is 18.2 Å². The van der Waals surface area contributed by atoms with Crippen LogP contribution in [-0.4, -0.2) is 39.4 Å². The second-order valence-corrected chi connectivity index (χ2v) is 5.57. The first-order valence-corrected chi connectivity index (χ1v) is 7.71. The number of hydrogen-bond donors (Lipinski definition) is 2. The third-order valence-corrected chi connectivity index (χ3v) is 3.77. The minimum Gasteiger partial charge on any atom is -0.352 e. The SMILES string of the molecule is O=C1CCc2cn(nn2)CCNC(=O)[C@H](Cc2ccccc2)N1. The van der Waals surface area contributed by atoms with Crippen LogP contribution in [0.4, 0.5) is 0 Å². The Hall–Kier alpha value is -2.70. The van der Waals surface area contributed by atoms with Crippen molar-refractivity contribution in [1.82, 2.24) is 25.6 Å². The number of carbonyl (C=O) groups excluding carboxylic acids is 2. The molecule has 2 amide bonds. The van der Waals surface area contributed by atoms with Gasteiger partial charge in [-0.05, 0) is 5.56 Å². The van der Waals surface area contributed by atoms with E-state index in [4.69, 9.17) is 0 Å². The van der Waals surface area contributed by atoms with E-state index in [1.54, 1.807) is 4.68 Å². The van der Waals surface area contributed by atoms with Crippen LogP contribution in [0.3, 0.4) is 0 Å². The molecule has 3 rings (SSSR count). The smallest absolute Gasteiger partial charge is 0.242 e. The van der Waals surface area contributed by atoms with E-state index in [0.717, 1.165) is 11.3 Å². The van der Waals surface area contributed by atoms with E-state index < -0.39 is 6.04 Å². The van der Waals surface area contributed by atoms with Crippen molar-refractivity contribution < 1.29 is 9.59 Å². The Labute approximate surface area is 134 Å². The summed E-state index contributed by atoms with van der Waals surface area (Å²) in [6.45, 7) is 1.01. The molecular formula is C16H19N5O2. The lowest BCUT2D eigenvalue weighted by Crippen LogP contribution is -2.48. The molecule has 7 heteroatoms. The highest BCUT2D eigenvalue weighted by atomic mass is 16.2. The van der Waals surface area contributed by atoms with Crippen LogP contribution in [0.25, 0.3) is 0 Å². The highest BCUT2D eigenvalue weighted by Gasteiger charge is 2.21. The molecule has 2 bridgehead atoms. The number of hydrogen-bond acceptors (Lipinski definition) is 4. The van der Waals surface area contributed by atoms with Gasteiger partial charge in [0.15, 0.2) is 0 Å². The molecule has 120 valence electrons. The summed E-state index contributed by atoms with van der Waals surface area (Å²) in [6.07, 6.45) is 3.09. The largest absolute Gasteiger partial charge is 0.352 e. The standard InChI is InChI=1S/C16H19N5O2/c22-15-7-6-13-11-21(20-19-13)9-8-17-16(23)14(18-15)10-12-4-2-1-3-5-12/h1-5,11,14H,6-10H2,(H,17,23)(H,18,22)/t14-/m0/s1. The maximum Gasteiger partial charge on any atom is 0.242 e. The van der Waals surface area contributed by atoms with Crippen LogP contribution in [0.15, 0.2) is 36.5 Å². The van der Waals surface area contributed by atoms with Gasteiger partial charge >= 0.3 is 0 Å². The molecule has 0 saturated carbocycles. The highest BCUT2D eigenvalue weighted by molar-refractivity contribution is 5.87. The van der Waals surface area contributed by atoms with Crippen LogP contribution in [0, 0.1) is 0 Å². The summed E-state index contributed by atoms with van der Waals surface area (Å²) in [4.78, 5) is 24.5. The van der Waals surface area contributed by atoms with Crippen LogP contribution in [0.1, 0.15) is 17.7 Å². The number of rotatable bonds is 2. The predicted molar refractivity (Wildman–Crippen MR) is 83.4 cm³/mol. The van der Waals surface area contributed by atoms with Gasteiger partial charge in [-0.15, -0.1) is 5.10 Å². The number of fused-ring (bicyclic) bond motifs is 2. The fourth-order valence-corrected chi connectivity index (χ4v) is 2.55. The van der Waals surface area contributed by atoms with Gasteiger partial charge in [0.05, 0.1) is 12.2 Å². The lowest BCUT2D eigenvalue weighted by atomic mass is 10.0. The van der Waals surface area contributed by atoms with Crippen molar-refractivity contribution >= 4 is 11.8 Å². The van der Waals surface area contributed by atoms with Crippen molar-refractivity contribution in [1.29, 1.82) is 0 Å². The Bertz CT molecular complexity index is 683.